The topological polar surface area (TPSA) is 72.5 Å². The quantitative estimate of drug-likeness (QED) is 0.714. The molecule has 0 aromatic carbocycles. The van der Waals surface area contributed by atoms with Gasteiger partial charge in [-0.1, -0.05) is 0 Å². The normalized spacial score (nSPS) is 14.6. The highest BCUT2D eigenvalue weighted by atomic mass is 32.2. The van der Waals surface area contributed by atoms with E-state index in [4.69, 9.17) is 4.74 Å². The van der Waals surface area contributed by atoms with Crippen molar-refractivity contribution in [3.63, 3.8) is 0 Å². The monoisotopic (exact) mass is 251 g/mol. The van der Waals surface area contributed by atoms with Crippen LogP contribution >= 0.6 is 0 Å². The number of ether oxygens (including phenoxy) is 1. The SMILES string of the molecule is CC(NCCS(C)(=O)=O)C(=O)OC(C)(C)C. The number of sulfone groups is 1. The number of carbonyl (C=O) groups excluding carboxylic acids is 1. The van der Waals surface area contributed by atoms with Gasteiger partial charge < -0.3 is 10.1 Å². The Morgan fingerprint density at radius 1 is 1.38 bits per heavy atom. The van der Waals surface area contributed by atoms with E-state index in [-0.39, 0.29) is 18.3 Å². The van der Waals surface area contributed by atoms with Crippen molar-refractivity contribution in [3.05, 3.63) is 0 Å². The zero-order valence-corrected chi connectivity index (χ0v) is 11.3. The molecule has 0 rings (SSSR count). The van der Waals surface area contributed by atoms with E-state index in [1.807, 2.05) is 0 Å². The van der Waals surface area contributed by atoms with Crippen LogP contribution in [-0.2, 0) is 19.4 Å². The maximum absolute atomic E-state index is 11.5. The van der Waals surface area contributed by atoms with E-state index in [9.17, 15) is 13.2 Å². The molecule has 0 amide bonds. The second kappa shape index (κ2) is 5.63. The molecule has 1 atom stereocenters. The number of rotatable bonds is 5. The summed E-state index contributed by atoms with van der Waals surface area (Å²) in [6.45, 7) is 7.26. The van der Waals surface area contributed by atoms with Crippen molar-refractivity contribution < 1.29 is 17.9 Å². The van der Waals surface area contributed by atoms with Crippen molar-refractivity contribution in [2.45, 2.75) is 39.3 Å². The summed E-state index contributed by atoms with van der Waals surface area (Å²) in [6, 6.07) is -0.499. The Labute approximate surface area is 97.5 Å². The van der Waals surface area contributed by atoms with Gasteiger partial charge in [-0.25, -0.2) is 8.42 Å². The van der Waals surface area contributed by atoms with Crippen LogP contribution in [0.2, 0.25) is 0 Å². The third-order valence-electron chi connectivity index (χ3n) is 1.68. The molecule has 0 aliphatic carbocycles. The van der Waals surface area contributed by atoms with Gasteiger partial charge in [0.05, 0.1) is 5.75 Å². The molecule has 96 valence electrons. The van der Waals surface area contributed by atoms with Gasteiger partial charge in [-0.05, 0) is 27.7 Å². The minimum atomic E-state index is -3.00. The fraction of sp³-hybridized carbons (Fsp3) is 0.900. The highest BCUT2D eigenvalue weighted by molar-refractivity contribution is 7.90. The molecule has 6 heteroatoms. The first-order chi connectivity index (χ1) is 7.01. The Hall–Kier alpha value is -0.620. The van der Waals surface area contributed by atoms with Crippen LogP contribution in [0.1, 0.15) is 27.7 Å². The molecule has 16 heavy (non-hydrogen) atoms. The van der Waals surface area contributed by atoms with Gasteiger partial charge in [0, 0.05) is 12.8 Å². The Morgan fingerprint density at radius 2 is 1.88 bits per heavy atom. The molecule has 0 aromatic rings. The fourth-order valence-electron chi connectivity index (χ4n) is 0.934. The second-order valence-corrected chi connectivity index (χ2v) is 7.10. The Balaban J connectivity index is 3.99. The smallest absolute Gasteiger partial charge is 0.323 e. The van der Waals surface area contributed by atoms with Crippen LogP contribution in [0, 0.1) is 0 Å². The molecular weight excluding hydrogens is 230 g/mol. The zero-order valence-electron chi connectivity index (χ0n) is 10.5. The van der Waals surface area contributed by atoms with Gasteiger partial charge >= 0.3 is 5.97 Å². The molecular formula is C10H21NO4S. The van der Waals surface area contributed by atoms with E-state index in [0.717, 1.165) is 6.26 Å². The fourth-order valence-corrected chi connectivity index (χ4v) is 1.42. The van der Waals surface area contributed by atoms with Crippen LogP contribution in [-0.4, -0.2) is 44.6 Å². The number of nitrogens with one attached hydrogen (secondary N) is 1. The molecule has 0 aliphatic rings. The largest absolute Gasteiger partial charge is 0.459 e. The molecule has 5 nitrogen and oxygen atoms in total. The standard InChI is InChI=1S/C10H21NO4S/c1-8(9(12)15-10(2,3)4)11-6-7-16(5,13)14/h8,11H,6-7H2,1-5H3. The van der Waals surface area contributed by atoms with Crippen molar-refractivity contribution in [1.29, 1.82) is 0 Å². The van der Waals surface area contributed by atoms with Gasteiger partial charge in [-0.2, -0.15) is 0 Å². The molecule has 0 spiro atoms. The number of hydrogen-bond donors (Lipinski definition) is 1. The molecule has 1 unspecified atom stereocenters. The third-order valence-corrected chi connectivity index (χ3v) is 2.63. The van der Waals surface area contributed by atoms with E-state index >= 15 is 0 Å². The van der Waals surface area contributed by atoms with Gasteiger partial charge in [-0.15, -0.1) is 0 Å². The van der Waals surface area contributed by atoms with Gasteiger partial charge in [0.15, 0.2) is 0 Å². The van der Waals surface area contributed by atoms with Crippen LogP contribution in [0.25, 0.3) is 0 Å². The summed E-state index contributed by atoms with van der Waals surface area (Å²) >= 11 is 0. The summed E-state index contributed by atoms with van der Waals surface area (Å²) in [6.07, 6.45) is 1.16. The lowest BCUT2D eigenvalue weighted by atomic mass is 10.2. The zero-order chi connectivity index (χ0) is 13.0. The van der Waals surface area contributed by atoms with E-state index < -0.39 is 21.5 Å². The van der Waals surface area contributed by atoms with Gasteiger partial charge in [-0.3, -0.25) is 4.79 Å². The Kier molecular flexibility index (Phi) is 5.41. The highest BCUT2D eigenvalue weighted by Crippen LogP contribution is 2.08. The van der Waals surface area contributed by atoms with Gasteiger partial charge in [0.2, 0.25) is 0 Å². The highest BCUT2D eigenvalue weighted by Gasteiger charge is 2.21. The first kappa shape index (κ1) is 15.4. The molecule has 0 fully saturated rings. The lowest BCUT2D eigenvalue weighted by molar-refractivity contribution is -0.156. The van der Waals surface area contributed by atoms with Crippen LogP contribution < -0.4 is 5.32 Å². The first-order valence-electron chi connectivity index (χ1n) is 5.15. The van der Waals surface area contributed by atoms with Crippen LogP contribution in [0.15, 0.2) is 0 Å². The van der Waals surface area contributed by atoms with E-state index in [1.165, 1.54) is 0 Å². The summed E-state index contributed by atoms with van der Waals surface area (Å²) in [5.41, 5.74) is -0.524. The number of carbonyl (C=O) groups is 1. The Morgan fingerprint density at radius 3 is 2.25 bits per heavy atom. The van der Waals surface area contributed by atoms with Gasteiger partial charge in [0.1, 0.15) is 21.5 Å². The summed E-state index contributed by atoms with van der Waals surface area (Å²) < 4.78 is 26.8. The van der Waals surface area contributed by atoms with Crippen LogP contribution in [0.5, 0.6) is 0 Å². The third kappa shape index (κ3) is 8.67. The summed E-state index contributed by atoms with van der Waals surface area (Å²) in [5, 5.41) is 2.81. The Bertz CT molecular complexity index is 329. The number of esters is 1. The average Bonchev–Trinajstić information content (AvgIpc) is 1.98. The van der Waals surface area contributed by atoms with Crippen LogP contribution in [0.4, 0.5) is 0 Å². The molecule has 1 N–H and O–H groups in total. The predicted molar refractivity (Wildman–Crippen MR) is 63.0 cm³/mol. The first-order valence-corrected chi connectivity index (χ1v) is 7.21. The van der Waals surface area contributed by atoms with Crippen molar-refractivity contribution in [2.24, 2.45) is 0 Å². The minimum Gasteiger partial charge on any atom is -0.459 e. The molecule has 0 aliphatic heterocycles. The lowest BCUT2D eigenvalue weighted by Gasteiger charge is -2.22. The molecule has 0 bridgehead atoms. The molecule has 0 aromatic heterocycles. The minimum absolute atomic E-state index is 0.0140. The molecule has 0 heterocycles. The summed E-state index contributed by atoms with van der Waals surface area (Å²) in [7, 11) is -3.00. The van der Waals surface area contributed by atoms with Gasteiger partial charge in [0.25, 0.3) is 0 Å². The van der Waals surface area contributed by atoms with E-state index in [0.29, 0.717) is 0 Å². The van der Waals surface area contributed by atoms with Crippen molar-refractivity contribution >= 4 is 15.8 Å². The molecule has 0 saturated carbocycles. The van der Waals surface area contributed by atoms with E-state index in [2.05, 4.69) is 5.32 Å². The van der Waals surface area contributed by atoms with E-state index in [1.54, 1.807) is 27.7 Å². The van der Waals surface area contributed by atoms with Crippen LogP contribution in [0.3, 0.4) is 0 Å². The average molecular weight is 251 g/mol. The summed E-state index contributed by atoms with van der Waals surface area (Å²) in [4.78, 5) is 11.5. The van der Waals surface area contributed by atoms with Crippen molar-refractivity contribution in [2.75, 3.05) is 18.6 Å². The van der Waals surface area contributed by atoms with Crippen molar-refractivity contribution in [1.82, 2.24) is 5.32 Å². The lowest BCUT2D eigenvalue weighted by Crippen LogP contribution is -2.40. The van der Waals surface area contributed by atoms with Crippen molar-refractivity contribution in [3.8, 4) is 0 Å². The predicted octanol–water partition coefficient (Wildman–Crippen LogP) is 0.351. The molecule has 0 radical (unpaired) electrons. The summed E-state index contributed by atoms with van der Waals surface area (Å²) in [5.74, 6) is -0.360. The molecule has 0 saturated heterocycles. The maximum Gasteiger partial charge on any atom is 0.323 e. The second-order valence-electron chi connectivity index (χ2n) is 4.84. The number of hydrogen-bond acceptors (Lipinski definition) is 5. The maximum atomic E-state index is 11.5.